The second-order valence-electron chi connectivity index (χ2n) is 2.26. The van der Waals surface area contributed by atoms with Crippen LogP contribution in [-0.2, 0) is 0 Å². The fourth-order valence-electron chi connectivity index (χ4n) is 0.774. The number of Topliss-reactive ketones (excluding diaryl/α,β-unsaturated/α-hetero) is 1. The number of phenolic OH excluding ortho intramolecular Hbond substituents is 2. The van der Waals surface area contributed by atoms with Crippen molar-refractivity contribution in [3.63, 3.8) is 0 Å². The van der Waals surface area contributed by atoms with Crippen molar-refractivity contribution in [2.45, 2.75) is 13.8 Å². The van der Waals surface area contributed by atoms with Crippen molar-refractivity contribution in [3.8, 4) is 11.5 Å². The Kier molecular flexibility index (Phi) is 5.72. The normalized spacial score (nSPS) is 8.79. The molecule has 0 spiro atoms. The number of carbonyl (C=O) groups excluding carboxylic acids is 1. The summed E-state index contributed by atoms with van der Waals surface area (Å²) in [5.41, 5.74) is 0.292. The minimum atomic E-state index is -0.314. The Hall–Kier alpha value is -1.22. The summed E-state index contributed by atoms with van der Waals surface area (Å²) < 4.78 is 0. The third-order valence-electron chi connectivity index (χ3n) is 1.42. The second kappa shape index (κ2) is 6.27. The molecule has 2 N–H and O–H groups in total. The van der Waals surface area contributed by atoms with E-state index in [1.54, 1.807) is 0 Å². The van der Waals surface area contributed by atoms with Gasteiger partial charge in [0.1, 0.15) is 0 Å². The number of ketones is 1. The number of aromatic hydroxyl groups is 2. The quantitative estimate of drug-likeness (QED) is 0.454. The predicted octanol–water partition coefficient (Wildman–Crippen LogP) is 2.55. The molecule has 78 valence electrons. The minimum Gasteiger partial charge on any atom is -0.504 e. The lowest BCUT2D eigenvalue weighted by Gasteiger charge is -1.99. The van der Waals surface area contributed by atoms with E-state index in [0.29, 0.717) is 5.56 Å². The van der Waals surface area contributed by atoms with Crippen molar-refractivity contribution in [1.29, 1.82) is 0 Å². The first kappa shape index (κ1) is 12.8. The highest BCUT2D eigenvalue weighted by molar-refractivity contribution is 6.30. The van der Waals surface area contributed by atoms with Crippen LogP contribution in [0, 0.1) is 0 Å². The van der Waals surface area contributed by atoms with Crippen LogP contribution in [0.15, 0.2) is 18.2 Å². The standard InChI is InChI=1S/C8H7ClO3.C2H6/c9-4-8(12)5-1-2-6(10)7(11)3-5;1-2/h1-3,10-11H,4H2;1-2H3. The molecule has 3 nitrogen and oxygen atoms in total. The van der Waals surface area contributed by atoms with Crippen molar-refractivity contribution in [2.24, 2.45) is 0 Å². The van der Waals surface area contributed by atoms with E-state index in [0.717, 1.165) is 0 Å². The molecule has 14 heavy (non-hydrogen) atoms. The lowest BCUT2D eigenvalue weighted by molar-refractivity contribution is 0.102. The van der Waals surface area contributed by atoms with Crippen LogP contribution in [0.3, 0.4) is 0 Å². The smallest absolute Gasteiger partial charge is 0.177 e. The highest BCUT2D eigenvalue weighted by atomic mass is 35.5. The fraction of sp³-hybridized carbons (Fsp3) is 0.300. The zero-order chi connectivity index (χ0) is 11.1. The first-order valence-electron chi connectivity index (χ1n) is 4.26. The van der Waals surface area contributed by atoms with Gasteiger partial charge in [-0.2, -0.15) is 0 Å². The molecule has 0 aliphatic rings. The zero-order valence-electron chi connectivity index (χ0n) is 8.12. The maximum absolute atomic E-state index is 11.0. The maximum atomic E-state index is 11.0. The van der Waals surface area contributed by atoms with Gasteiger partial charge in [0.25, 0.3) is 0 Å². The summed E-state index contributed by atoms with van der Waals surface area (Å²) in [6.07, 6.45) is 0. The molecule has 0 aromatic heterocycles. The molecule has 0 radical (unpaired) electrons. The van der Waals surface area contributed by atoms with Gasteiger partial charge in [0.2, 0.25) is 0 Å². The molecule has 4 heteroatoms. The van der Waals surface area contributed by atoms with E-state index >= 15 is 0 Å². The monoisotopic (exact) mass is 216 g/mol. The Morgan fingerprint density at radius 2 is 1.86 bits per heavy atom. The van der Waals surface area contributed by atoms with E-state index in [1.165, 1.54) is 18.2 Å². The molecule has 0 aliphatic carbocycles. The number of benzene rings is 1. The van der Waals surface area contributed by atoms with E-state index < -0.39 is 0 Å². The molecule has 0 saturated heterocycles. The fourth-order valence-corrected chi connectivity index (χ4v) is 0.928. The minimum absolute atomic E-state index is 0.135. The Labute approximate surface area is 88.0 Å². The molecule has 1 aromatic rings. The summed E-state index contributed by atoms with van der Waals surface area (Å²) in [4.78, 5) is 11.0. The molecule has 0 fully saturated rings. The molecule has 0 aliphatic heterocycles. The zero-order valence-corrected chi connectivity index (χ0v) is 8.88. The molecule has 0 saturated carbocycles. The molecule has 1 rings (SSSR count). The number of halogens is 1. The molecule has 0 atom stereocenters. The maximum Gasteiger partial charge on any atom is 0.177 e. The van der Waals surface area contributed by atoms with Crippen molar-refractivity contribution < 1.29 is 15.0 Å². The van der Waals surface area contributed by atoms with Crippen molar-refractivity contribution in [1.82, 2.24) is 0 Å². The van der Waals surface area contributed by atoms with Crippen LogP contribution in [0.2, 0.25) is 0 Å². The third-order valence-corrected chi connectivity index (χ3v) is 1.66. The molecule has 0 unspecified atom stereocenters. The summed E-state index contributed by atoms with van der Waals surface area (Å²) in [6, 6.07) is 3.83. The van der Waals surface area contributed by atoms with E-state index in [9.17, 15) is 4.79 Å². The first-order valence-corrected chi connectivity index (χ1v) is 4.79. The molecular formula is C10H13ClO3. The van der Waals surface area contributed by atoms with Gasteiger partial charge in [0, 0.05) is 5.56 Å². The number of hydrogen-bond acceptors (Lipinski definition) is 3. The summed E-state index contributed by atoms with van der Waals surface area (Å²) in [5.74, 6) is -0.983. The van der Waals surface area contributed by atoms with Gasteiger partial charge in [-0.05, 0) is 18.2 Å². The summed E-state index contributed by atoms with van der Waals surface area (Å²) >= 11 is 5.28. The predicted molar refractivity (Wildman–Crippen MR) is 56.2 cm³/mol. The molecule has 0 bridgehead atoms. The third kappa shape index (κ3) is 3.26. The van der Waals surface area contributed by atoms with E-state index in [1.807, 2.05) is 13.8 Å². The molecule has 0 amide bonds. The lowest BCUT2D eigenvalue weighted by atomic mass is 10.1. The van der Waals surface area contributed by atoms with Gasteiger partial charge >= 0.3 is 0 Å². The number of carbonyl (C=O) groups is 1. The van der Waals surface area contributed by atoms with E-state index in [-0.39, 0.29) is 23.2 Å². The van der Waals surface area contributed by atoms with Gasteiger partial charge < -0.3 is 10.2 Å². The van der Waals surface area contributed by atoms with Crippen LogP contribution in [0.5, 0.6) is 11.5 Å². The second-order valence-corrected chi connectivity index (χ2v) is 2.53. The van der Waals surface area contributed by atoms with Crippen LogP contribution >= 0.6 is 11.6 Å². The van der Waals surface area contributed by atoms with Crippen molar-refractivity contribution in [2.75, 3.05) is 5.88 Å². The molecular weight excluding hydrogens is 204 g/mol. The topological polar surface area (TPSA) is 57.5 Å². The van der Waals surface area contributed by atoms with Crippen LogP contribution in [0.1, 0.15) is 24.2 Å². The Bertz CT molecular complexity index is 310. The highest BCUT2D eigenvalue weighted by Gasteiger charge is 2.06. The molecule has 1 aromatic carbocycles. The van der Waals surface area contributed by atoms with Gasteiger partial charge in [0.05, 0.1) is 5.88 Å². The Balaban J connectivity index is 0.000000791. The van der Waals surface area contributed by atoms with E-state index in [4.69, 9.17) is 21.8 Å². The van der Waals surface area contributed by atoms with Gasteiger partial charge in [0.15, 0.2) is 17.3 Å². The molecule has 0 heterocycles. The largest absolute Gasteiger partial charge is 0.504 e. The first-order chi connectivity index (χ1) is 6.65. The van der Waals surface area contributed by atoms with E-state index in [2.05, 4.69) is 0 Å². The summed E-state index contributed by atoms with van der Waals surface area (Å²) in [6.45, 7) is 4.00. The number of alkyl halides is 1. The average molecular weight is 217 g/mol. The van der Waals surface area contributed by atoms with Crippen LogP contribution in [0.4, 0.5) is 0 Å². The number of rotatable bonds is 2. The van der Waals surface area contributed by atoms with Crippen LogP contribution in [-0.4, -0.2) is 21.9 Å². The van der Waals surface area contributed by atoms with Crippen LogP contribution < -0.4 is 0 Å². The van der Waals surface area contributed by atoms with Gasteiger partial charge in [-0.25, -0.2) is 0 Å². The highest BCUT2D eigenvalue weighted by Crippen LogP contribution is 2.24. The van der Waals surface area contributed by atoms with Crippen molar-refractivity contribution in [3.05, 3.63) is 23.8 Å². The average Bonchev–Trinajstić information content (AvgIpc) is 2.24. The Morgan fingerprint density at radius 3 is 2.29 bits per heavy atom. The van der Waals surface area contributed by atoms with Crippen molar-refractivity contribution >= 4 is 17.4 Å². The number of phenols is 2. The summed E-state index contributed by atoms with van der Waals surface area (Å²) in [5, 5.41) is 17.9. The van der Waals surface area contributed by atoms with Crippen LogP contribution in [0.25, 0.3) is 0 Å². The summed E-state index contributed by atoms with van der Waals surface area (Å²) in [7, 11) is 0. The lowest BCUT2D eigenvalue weighted by Crippen LogP contribution is -1.99. The van der Waals surface area contributed by atoms with Gasteiger partial charge in [-0.15, -0.1) is 11.6 Å². The van der Waals surface area contributed by atoms with Gasteiger partial charge in [-0.3, -0.25) is 4.79 Å². The number of hydrogen-bond donors (Lipinski definition) is 2. The van der Waals surface area contributed by atoms with Gasteiger partial charge in [-0.1, -0.05) is 13.8 Å². The SMILES string of the molecule is CC.O=C(CCl)c1ccc(O)c(O)c1. The Morgan fingerprint density at radius 1 is 1.29 bits per heavy atom.